The molecule has 0 heterocycles. The fourth-order valence-electron chi connectivity index (χ4n) is 2.92. The van der Waals surface area contributed by atoms with E-state index in [1.165, 1.54) is 11.1 Å². The maximum absolute atomic E-state index is 12.1. The highest BCUT2D eigenvalue weighted by molar-refractivity contribution is 5.69. The molecule has 0 aromatic heterocycles. The van der Waals surface area contributed by atoms with Crippen LogP contribution in [0.3, 0.4) is 0 Å². The normalized spacial score (nSPS) is 12.4. The molecule has 0 amide bonds. The summed E-state index contributed by atoms with van der Waals surface area (Å²) in [5.74, 6) is 0.501. The largest absolute Gasteiger partial charge is 0.462 e. The van der Waals surface area contributed by atoms with E-state index in [4.69, 9.17) is 4.74 Å². The molecule has 2 rings (SSSR count). The number of carbonyl (C=O) groups excluding carboxylic acids is 1. The summed E-state index contributed by atoms with van der Waals surface area (Å²) in [6, 6.07) is 20.9. The van der Waals surface area contributed by atoms with Crippen molar-refractivity contribution in [1.82, 2.24) is 0 Å². The van der Waals surface area contributed by atoms with E-state index in [1.807, 2.05) is 32.9 Å². The smallest absolute Gasteiger partial charge is 0.306 e. The number of carbonyl (C=O) groups is 1. The zero-order valence-corrected chi connectivity index (χ0v) is 14.9. The van der Waals surface area contributed by atoms with Crippen molar-refractivity contribution in [2.75, 3.05) is 0 Å². The standard InChI is InChI=1S/C22H28O2/c1-17(2)14-22(23)24-18(3)21(15-19-10-6-4-7-11-19)16-20-12-8-5-9-13-20/h4-13,17-18,21H,14-16H2,1-3H3. The maximum atomic E-state index is 12.1. The van der Waals surface area contributed by atoms with Gasteiger partial charge in [0.2, 0.25) is 0 Å². The summed E-state index contributed by atoms with van der Waals surface area (Å²) in [6.45, 7) is 6.10. The Balaban J connectivity index is 2.07. The molecule has 0 bridgehead atoms. The summed E-state index contributed by atoms with van der Waals surface area (Å²) in [4.78, 5) is 12.1. The van der Waals surface area contributed by atoms with Gasteiger partial charge in [0.1, 0.15) is 6.10 Å². The van der Waals surface area contributed by atoms with Gasteiger partial charge in [-0.15, -0.1) is 0 Å². The van der Waals surface area contributed by atoms with E-state index >= 15 is 0 Å². The Morgan fingerprint density at radius 1 is 0.833 bits per heavy atom. The third kappa shape index (κ3) is 6.19. The van der Waals surface area contributed by atoms with Crippen LogP contribution in [0.25, 0.3) is 0 Å². The van der Waals surface area contributed by atoms with Crippen molar-refractivity contribution in [2.24, 2.45) is 11.8 Å². The molecule has 0 aliphatic heterocycles. The molecule has 0 radical (unpaired) electrons. The van der Waals surface area contributed by atoms with Crippen molar-refractivity contribution in [3.8, 4) is 0 Å². The van der Waals surface area contributed by atoms with E-state index in [-0.39, 0.29) is 18.0 Å². The van der Waals surface area contributed by atoms with E-state index < -0.39 is 0 Å². The van der Waals surface area contributed by atoms with Gasteiger partial charge in [0.05, 0.1) is 0 Å². The lowest BCUT2D eigenvalue weighted by molar-refractivity contribution is -0.151. The minimum Gasteiger partial charge on any atom is -0.462 e. The quantitative estimate of drug-likeness (QED) is 0.634. The van der Waals surface area contributed by atoms with Crippen molar-refractivity contribution in [3.05, 3.63) is 71.8 Å². The summed E-state index contributed by atoms with van der Waals surface area (Å²) in [6.07, 6.45) is 2.20. The van der Waals surface area contributed by atoms with Gasteiger partial charge in [-0.1, -0.05) is 74.5 Å². The number of benzene rings is 2. The number of ether oxygens (including phenoxy) is 1. The molecule has 128 valence electrons. The zero-order valence-electron chi connectivity index (χ0n) is 14.9. The third-order valence-electron chi connectivity index (χ3n) is 4.24. The maximum Gasteiger partial charge on any atom is 0.306 e. The second kappa shape index (κ2) is 9.27. The van der Waals surface area contributed by atoms with E-state index in [2.05, 4.69) is 48.5 Å². The number of hydrogen-bond donors (Lipinski definition) is 0. The van der Waals surface area contributed by atoms with Crippen LogP contribution in [0.1, 0.15) is 38.3 Å². The molecule has 1 atom stereocenters. The van der Waals surface area contributed by atoms with Gasteiger partial charge in [-0.25, -0.2) is 0 Å². The number of esters is 1. The van der Waals surface area contributed by atoms with Gasteiger partial charge in [0, 0.05) is 12.3 Å². The minimum absolute atomic E-state index is 0.0939. The van der Waals surface area contributed by atoms with Crippen LogP contribution < -0.4 is 0 Å². The average molecular weight is 324 g/mol. The summed E-state index contributed by atoms with van der Waals surface area (Å²) >= 11 is 0. The fraction of sp³-hybridized carbons (Fsp3) is 0.409. The number of hydrogen-bond acceptors (Lipinski definition) is 2. The average Bonchev–Trinajstić information content (AvgIpc) is 2.55. The molecule has 1 unspecified atom stereocenters. The Morgan fingerprint density at radius 2 is 1.29 bits per heavy atom. The molecule has 24 heavy (non-hydrogen) atoms. The van der Waals surface area contributed by atoms with Crippen LogP contribution in [0.4, 0.5) is 0 Å². The van der Waals surface area contributed by atoms with Crippen LogP contribution in [0.15, 0.2) is 60.7 Å². The first-order valence-electron chi connectivity index (χ1n) is 8.82. The number of rotatable bonds is 8. The van der Waals surface area contributed by atoms with Gasteiger partial charge in [-0.3, -0.25) is 4.79 Å². The molecule has 0 spiro atoms. The molecule has 0 saturated carbocycles. The molecule has 0 aliphatic rings. The molecular formula is C22H28O2. The van der Waals surface area contributed by atoms with E-state index in [0.717, 1.165) is 12.8 Å². The summed E-state index contributed by atoms with van der Waals surface area (Å²) in [7, 11) is 0. The van der Waals surface area contributed by atoms with Crippen LogP contribution in [0.2, 0.25) is 0 Å². The first-order valence-corrected chi connectivity index (χ1v) is 8.82. The van der Waals surface area contributed by atoms with Crippen molar-refractivity contribution >= 4 is 5.97 Å². The lowest BCUT2D eigenvalue weighted by Gasteiger charge is -2.25. The molecule has 2 aromatic rings. The van der Waals surface area contributed by atoms with Crippen LogP contribution in [-0.2, 0) is 22.4 Å². The van der Waals surface area contributed by atoms with Gasteiger partial charge in [0.15, 0.2) is 0 Å². The molecular weight excluding hydrogens is 296 g/mol. The van der Waals surface area contributed by atoms with Crippen molar-refractivity contribution in [2.45, 2.75) is 46.1 Å². The third-order valence-corrected chi connectivity index (χ3v) is 4.24. The highest BCUT2D eigenvalue weighted by Crippen LogP contribution is 2.21. The SMILES string of the molecule is CC(C)CC(=O)OC(C)C(Cc1ccccc1)Cc1ccccc1. The first-order chi connectivity index (χ1) is 11.5. The van der Waals surface area contributed by atoms with Crippen LogP contribution in [0.5, 0.6) is 0 Å². The highest BCUT2D eigenvalue weighted by atomic mass is 16.5. The lowest BCUT2D eigenvalue weighted by Crippen LogP contribution is -2.28. The fourth-order valence-corrected chi connectivity index (χ4v) is 2.92. The Kier molecular flexibility index (Phi) is 7.05. The van der Waals surface area contributed by atoms with E-state index in [9.17, 15) is 4.79 Å². The summed E-state index contributed by atoms with van der Waals surface area (Å²) in [5, 5.41) is 0. The molecule has 2 nitrogen and oxygen atoms in total. The van der Waals surface area contributed by atoms with Crippen LogP contribution >= 0.6 is 0 Å². The Hall–Kier alpha value is -2.09. The first kappa shape index (κ1) is 18.3. The zero-order chi connectivity index (χ0) is 17.4. The highest BCUT2D eigenvalue weighted by Gasteiger charge is 2.22. The van der Waals surface area contributed by atoms with Gasteiger partial charge in [0.25, 0.3) is 0 Å². The molecule has 0 N–H and O–H groups in total. The van der Waals surface area contributed by atoms with Crippen LogP contribution in [-0.4, -0.2) is 12.1 Å². The van der Waals surface area contributed by atoms with Crippen molar-refractivity contribution in [3.63, 3.8) is 0 Å². The van der Waals surface area contributed by atoms with Crippen molar-refractivity contribution in [1.29, 1.82) is 0 Å². The molecule has 0 saturated heterocycles. The second-order valence-electron chi connectivity index (χ2n) is 6.93. The van der Waals surface area contributed by atoms with Crippen LogP contribution in [0, 0.1) is 11.8 Å². The van der Waals surface area contributed by atoms with Crippen molar-refractivity contribution < 1.29 is 9.53 Å². The van der Waals surface area contributed by atoms with Gasteiger partial charge in [-0.2, -0.15) is 0 Å². The second-order valence-corrected chi connectivity index (χ2v) is 6.93. The van der Waals surface area contributed by atoms with Gasteiger partial charge >= 0.3 is 5.97 Å². The molecule has 2 aromatic carbocycles. The molecule has 0 aliphatic carbocycles. The van der Waals surface area contributed by atoms with Gasteiger partial charge in [-0.05, 0) is 36.8 Å². The Morgan fingerprint density at radius 3 is 1.71 bits per heavy atom. The Bertz CT molecular complexity index is 563. The summed E-state index contributed by atoms with van der Waals surface area (Å²) < 4.78 is 5.73. The predicted molar refractivity (Wildman–Crippen MR) is 98.8 cm³/mol. The lowest BCUT2D eigenvalue weighted by atomic mass is 9.88. The molecule has 2 heteroatoms. The monoisotopic (exact) mass is 324 g/mol. The summed E-state index contributed by atoms with van der Waals surface area (Å²) in [5.41, 5.74) is 2.57. The minimum atomic E-state index is -0.100. The predicted octanol–water partition coefficient (Wildman–Crippen LogP) is 5.07. The van der Waals surface area contributed by atoms with E-state index in [1.54, 1.807) is 0 Å². The molecule has 0 fully saturated rings. The topological polar surface area (TPSA) is 26.3 Å². The van der Waals surface area contributed by atoms with Gasteiger partial charge < -0.3 is 4.74 Å². The van der Waals surface area contributed by atoms with E-state index in [0.29, 0.717) is 12.3 Å². The Labute approximate surface area is 145 Å².